The van der Waals surface area contributed by atoms with E-state index in [4.69, 9.17) is 4.74 Å². The molecule has 0 spiro atoms. The fourth-order valence-corrected chi connectivity index (χ4v) is 4.66. The highest BCUT2D eigenvalue weighted by molar-refractivity contribution is 7.99. The van der Waals surface area contributed by atoms with E-state index in [0.717, 1.165) is 17.9 Å². The quantitative estimate of drug-likeness (QED) is 0.752. The molecule has 2 aromatic rings. The van der Waals surface area contributed by atoms with Crippen LogP contribution < -0.4 is 4.74 Å². The van der Waals surface area contributed by atoms with E-state index in [0.29, 0.717) is 6.61 Å². The molecular weight excluding hydrogens is 342 g/mol. The molecule has 138 valence electrons. The molecule has 4 heteroatoms. The Morgan fingerprint density at radius 1 is 1.31 bits per heavy atom. The molecule has 2 unspecified atom stereocenters. The van der Waals surface area contributed by atoms with Crippen molar-refractivity contribution in [3.63, 3.8) is 0 Å². The summed E-state index contributed by atoms with van der Waals surface area (Å²) in [5.41, 5.74) is 3.66. The monoisotopic (exact) mass is 369 g/mol. The van der Waals surface area contributed by atoms with E-state index >= 15 is 0 Å². The van der Waals surface area contributed by atoms with Gasteiger partial charge in [-0.2, -0.15) is 0 Å². The summed E-state index contributed by atoms with van der Waals surface area (Å²) >= 11 is 1.78. The van der Waals surface area contributed by atoms with Crippen LogP contribution in [0, 0.1) is 12.8 Å². The largest absolute Gasteiger partial charge is 0.494 e. The summed E-state index contributed by atoms with van der Waals surface area (Å²) in [7, 11) is 1.93. The van der Waals surface area contributed by atoms with Crippen molar-refractivity contribution >= 4 is 17.7 Å². The fourth-order valence-electron chi connectivity index (χ4n) is 3.53. The highest BCUT2D eigenvalue weighted by Crippen LogP contribution is 2.36. The number of nitrogens with zero attached hydrogens (tertiary/aromatic N) is 1. The molecule has 26 heavy (non-hydrogen) atoms. The minimum atomic E-state index is 0.0147. The van der Waals surface area contributed by atoms with E-state index in [1.165, 1.54) is 21.6 Å². The molecule has 0 aliphatic carbocycles. The maximum atomic E-state index is 13.1. The molecule has 0 N–H and O–H groups in total. The number of hydrogen-bond acceptors (Lipinski definition) is 3. The Bertz CT molecular complexity index is 789. The number of amides is 1. The summed E-state index contributed by atoms with van der Waals surface area (Å²) in [6.07, 6.45) is 0.785. The number of rotatable bonds is 5. The van der Waals surface area contributed by atoms with E-state index in [1.807, 2.05) is 37.1 Å². The minimum Gasteiger partial charge on any atom is -0.494 e. The number of aryl methyl sites for hydroxylation is 1. The Morgan fingerprint density at radius 2 is 2.08 bits per heavy atom. The number of fused-ring (bicyclic) bond motifs is 1. The summed E-state index contributed by atoms with van der Waals surface area (Å²) in [4.78, 5) is 16.3. The van der Waals surface area contributed by atoms with Crippen LogP contribution in [0.15, 0.2) is 47.4 Å². The Hall–Kier alpha value is -1.94. The zero-order valence-electron chi connectivity index (χ0n) is 16.0. The smallest absolute Gasteiger partial charge is 0.227 e. The van der Waals surface area contributed by atoms with Crippen LogP contribution in [0.25, 0.3) is 0 Å². The molecule has 3 nitrogen and oxygen atoms in total. The lowest BCUT2D eigenvalue weighted by Gasteiger charge is -2.32. The van der Waals surface area contributed by atoms with Gasteiger partial charge in [-0.15, -0.1) is 11.8 Å². The molecule has 0 saturated heterocycles. The van der Waals surface area contributed by atoms with Crippen LogP contribution in [0.5, 0.6) is 5.75 Å². The summed E-state index contributed by atoms with van der Waals surface area (Å²) in [5, 5.41) is 0. The van der Waals surface area contributed by atoms with Gasteiger partial charge in [-0.05, 0) is 62.1 Å². The predicted octanol–water partition coefficient (Wildman–Crippen LogP) is 4.88. The Balaban J connectivity index is 1.74. The fraction of sp³-hybridized carbons (Fsp3) is 0.409. The van der Waals surface area contributed by atoms with Crippen LogP contribution in [0.4, 0.5) is 0 Å². The second-order valence-corrected chi connectivity index (χ2v) is 7.96. The third kappa shape index (κ3) is 3.90. The number of hydrogen-bond donors (Lipinski definition) is 0. The first-order valence-corrected chi connectivity index (χ1v) is 10.2. The van der Waals surface area contributed by atoms with Gasteiger partial charge >= 0.3 is 0 Å². The van der Waals surface area contributed by atoms with Crippen LogP contribution in [0.3, 0.4) is 0 Å². The van der Waals surface area contributed by atoms with Crippen LogP contribution >= 0.6 is 11.8 Å². The van der Waals surface area contributed by atoms with Crippen LogP contribution in [-0.4, -0.2) is 30.2 Å². The molecule has 0 aromatic heterocycles. The van der Waals surface area contributed by atoms with Gasteiger partial charge in [-0.1, -0.05) is 24.3 Å². The third-order valence-electron chi connectivity index (χ3n) is 5.17. The van der Waals surface area contributed by atoms with Crippen molar-refractivity contribution in [1.82, 2.24) is 4.90 Å². The Kier molecular flexibility index (Phi) is 5.92. The van der Waals surface area contributed by atoms with Crippen molar-refractivity contribution in [1.29, 1.82) is 0 Å². The summed E-state index contributed by atoms with van der Waals surface area (Å²) in [5.74, 6) is 1.97. The zero-order valence-corrected chi connectivity index (χ0v) is 16.8. The SMILES string of the molecule is CCOc1ccc2c(c1)CC(C(=O)N(C)C(C)c1ccccc1C)CS2. The van der Waals surface area contributed by atoms with Gasteiger partial charge in [0.25, 0.3) is 0 Å². The van der Waals surface area contributed by atoms with Crippen LogP contribution in [0.2, 0.25) is 0 Å². The van der Waals surface area contributed by atoms with Gasteiger partial charge in [0.1, 0.15) is 5.75 Å². The Labute approximate surface area is 160 Å². The molecule has 0 radical (unpaired) electrons. The van der Waals surface area contributed by atoms with E-state index in [-0.39, 0.29) is 17.9 Å². The van der Waals surface area contributed by atoms with E-state index in [2.05, 4.69) is 38.1 Å². The summed E-state index contributed by atoms with van der Waals surface area (Å²) < 4.78 is 5.62. The highest BCUT2D eigenvalue weighted by Gasteiger charge is 2.30. The normalized spacial score (nSPS) is 17.3. The predicted molar refractivity (Wildman–Crippen MR) is 108 cm³/mol. The summed E-state index contributed by atoms with van der Waals surface area (Å²) in [6, 6.07) is 14.6. The third-order valence-corrected chi connectivity index (χ3v) is 6.44. The molecule has 0 saturated carbocycles. The molecule has 1 heterocycles. The first-order chi connectivity index (χ1) is 12.5. The summed E-state index contributed by atoms with van der Waals surface area (Å²) in [6.45, 7) is 6.86. The lowest BCUT2D eigenvalue weighted by molar-refractivity contribution is -0.135. The van der Waals surface area contributed by atoms with E-state index in [9.17, 15) is 4.79 Å². The molecule has 0 fully saturated rings. The van der Waals surface area contributed by atoms with E-state index in [1.54, 1.807) is 11.8 Å². The Morgan fingerprint density at radius 3 is 2.81 bits per heavy atom. The van der Waals surface area contributed by atoms with Crippen molar-refractivity contribution in [2.45, 2.75) is 38.1 Å². The van der Waals surface area contributed by atoms with Crippen molar-refractivity contribution < 1.29 is 9.53 Å². The lowest BCUT2D eigenvalue weighted by atomic mass is 9.96. The molecule has 0 bridgehead atoms. The van der Waals surface area contributed by atoms with E-state index < -0.39 is 0 Å². The van der Waals surface area contributed by atoms with Gasteiger partial charge in [0.2, 0.25) is 5.91 Å². The second-order valence-electron chi connectivity index (χ2n) is 6.90. The molecule has 1 aliphatic heterocycles. The molecule has 1 amide bonds. The number of benzene rings is 2. The lowest BCUT2D eigenvalue weighted by Crippen LogP contribution is -2.38. The van der Waals surface area contributed by atoms with Gasteiger partial charge in [-0.3, -0.25) is 4.79 Å². The first-order valence-electron chi connectivity index (χ1n) is 9.22. The standard InChI is InChI=1S/C22H27NO2S/c1-5-25-19-10-11-21-17(13-19)12-18(14-26-21)22(24)23(4)16(3)20-9-7-6-8-15(20)2/h6-11,13,16,18H,5,12,14H2,1-4H3. The molecule has 1 aliphatic rings. The van der Waals surface area contributed by atoms with Crippen molar-refractivity contribution in [3.8, 4) is 5.75 Å². The first kappa shape index (κ1) is 18.8. The van der Waals surface area contributed by atoms with Crippen molar-refractivity contribution in [2.75, 3.05) is 19.4 Å². The average molecular weight is 370 g/mol. The average Bonchev–Trinajstić information content (AvgIpc) is 2.66. The van der Waals surface area contributed by atoms with Gasteiger partial charge in [0.15, 0.2) is 0 Å². The highest BCUT2D eigenvalue weighted by atomic mass is 32.2. The van der Waals surface area contributed by atoms with Gasteiger partial charge in [0.05, 0.1) is 18.6 Å². The maximum absolute atomic E-state index is 13.1. The number of ether oxygens (including phenoxy) is 1. The number of thioether (sulfide) groups is 1. The molecular formula is C22H27NO2S. The topological polar surface area (TPSA) is 29.5 Å². The number of carbonyl (C=O) groups is 1. The van der Waals surface area contributed by atoms with Crippen molar-refractivity contribution in [3.05, 3.63) is 59.2 Å². The minimum absolute atomic E-state index is 0.0147. The number of carbonyl (C=O) groups excluding carboxylic acids is 1. The van der Waals surface area contributed by atoms with Gasteiger partial charge < -0.3 is 9.64 Å². The zero-order chi connectivity index (χ0) is 18.7. The van der Waals surface area contributed by atoms with Gasteiger partial charge in [-0.25, -0.2) is 0 Å². The van der Waals surface area contributed by atoms with Gasteiger partial charge in [0, 0.05) is 17.7 Å². The molecule has 3 rings (SSSR count). The molecule has 2 atom stereocenters. The van der Waals surface area contributed by atoms with Crippen LogP contribution in [-0.2, 0) is 11.2 Å². The second kappa shape index (κ2) is 8.17. The maximum Gasteiger partial charge on any atom is 0.227 e. The van der Waals surface area contributed by atoms with Crippen LogP contribution in [0.1, 0.15) is 36.6 Å². The molecule has 2 aromatic carbocycles. The van der Waals surface area contributed by atoms with Crippen molar-refractivity contribution in [2.24, 2.45) is 5.92 Å².